The van der Waals surface area contributed by atoms with E-state index in [2.05, 4.69) is 15.3 Å². The number of amides is 1. The molecule has 0 aliphatic heterocycles. The first-order valence-corrected chi connectivity index (χ1v) is 8.25. The molecule has 2 aromatic carbocycles. The molecule has 27 heavy (non-hydrogen) atoms. The van der Waals surface area contributed by atoms with Crippen molar-refractivity contribution in [2.45, 2.75) is 0 Å². The smallest absolute Gasteiger partial charge is 0.255 e. The summed E-state index contributed by atoms with van der Waals surface area (Å²) < 4.78 is 15.8. The predicted octanol–water partition coefficient (Wildman–Crippen LogP) is 4.09. The Morgan fingerprint density at radius 2 is 1.93 bits per heavy atom. The molecule has 136 valence electrons. The molecule has 7 nitrogen and oxygen atoms in total. The number of aromatic nitrogens is 2. The van der Waals surface area contributed by atoms with Gasteiger partial charge in [0.05, 0.1) is 31.5 Å². The van der Waals surface area contributed by atoms with Crippen LogP contribution in [0, 0.1) is 0 Å². The molecule has 0 aliphatic carbocycles. The van der Waals surface area contributed by atoms with Gasteiger partial charge in [-0.05, 0) is 48.5 Å². The molecule has 2 heterocycles. The number of rotatable bonds is 5. The van der Waals surface area contributed by atoms with Crippen LogP contribution in [-0.2, 0) is 0 Å². The normalized spacial score (nSPS) is 10.7. The minimum absolute atomic E-state index is 0.249. The first-order chi connectivity index (χ1) is 13.2. The molecule has 1 amide bonds. The number of anilines is 1. The first kappa shape index (κ1) is 16.7. The van der Waals surface area contributed by atoms with Crippen LogP contribution in [0.5, 0.6) is 11.5 Å². The number of nitrogens with zero attached hydrogens (tertiary/aromatic N) is 1. The van der Waals surface area contributed by atoms with Gasteiger partial charge in [0.2, 0.25) is 0 Å². The molecular formula is C20H17N3O4. The Morgan fingerprint density at radius 1 is 1.07 bits per heavy atom. The fourth-order valence-corrected chi connectivity index (χ4v) is 2.80. The van der Waals surface area contributed by atoms with Crippen LogP contribution >= 0.6 is 0 Å². The van der Waals surface area contributed by atoms with E-state index in [4.69, 9.17) is 13.9 Å². The second-order valence-corrected chi connectivity index (χ2v) is 5.82. The monoisotopic (exact) mass is 363 g/mol. The molecule has 0 saturated heterocycles. The second kappa shape index (κ2) is 6.87. The highest BCUT2D eigenvalue weighted by molar-refractivity contribution is 6.05. The Labute approximate surface area is 154 Å². The Morgan fingerprint density at radius 3 is 2.67 bits per heavy atom. The minimum atomic E-state index is -0.249. The average molecular weight is 363 g/mol. The lowest BCUT2D eigenvalue weighted by atomic mass is 10.1. The summed E-state index contributed by atoms with van der Waals surface area (Å²) in [6.07, 6.45) is 1.59. The van der Waals surface area contributed by atoms with Gasteiger partial charge in [0.25, 0.3) is 5.91 Å². The van der Waals surface area contributed by atoms with Crippen LogP contribution in [-0.4, -0.2) is 30.1 Å². The van der Waals surface area contributed by atoms with Crippen LogP contribution in [0.15, 0.2) is 59.2 Å². The van der Waals surface area contributed by atoms with E-state index in [1.165, 1.54) is 7.11 Å². The van der Waals surface area contributed by atoms with Gasteiger partial charge in [0.1, 0.15) is 0 Å². The third-order valence-electron chi connectivity index (χ3n) is 4.14. The number of benzene rings is 2. The van der Waals surface area contributed by atoms with Crippen molar-refractivity contribution in [2.75, 3.05) is 19.5 Å². The maximum Gasteiger partial charge on any atom is 0.255 e. The van der Waals surface area contributed by atoms with Gasteiger partial charge in [0.15, 0.2) is 23.1 Å². The number of nitrogens with one attached hydrogen (secondary N) is 2. The van der Waals surface area contributed by atoms with Gasteiger partial charge in [0, 0.05) is 11.3 Å². The Balaban J connectivity index is 1.58. The molecule has 0 fully saturated rings. The van der Waals surface area contributed by atoms with Crippen molar-refractivity contribution in [3.05, 3.63) is 60.4 Å². The van der Waals surface area contributed by atoms with Gasteiger partial charge in [-0.25, -0.2) is 4.98 Å². The van der Waals surface area contributed by atoms with Crippen LogP contribution in [0.1, 0.15) is 10.4 Å². The van der Waals surface area contributed by atoms with Crippen LogP contribution in [0.4, 0.5) is 5.69 Å². The molecule has 2 aromatic heterocycles. The van der Waals surface area contributed by atoms with Crippen molar-refractivity contribution >= 4 is 22.6 Å². The van der Waals surface area contributed by atoms with Gasteiger partial charge in [-0.15, -0.1) is 0 Å². The average Bonchev–Trinajstić information content (AvgIpc) is 3.36. The molecule has 4 rings (SSSR count). The van der Waals surface area contributed by atoms with E-state index in [-0.39, 0.29) is 5.91 Å². The van der Waals surface area contributed by atoms with E-state index in [9.17, 15) is 4.79 Å². The summed E-state index contributed by atoms with van der Waals surface area (Å²) in [5, 5.41) is 2.88. The molecule has 0 saturated carbocycles. The number of imidazole rings is 1. The number of fused-ring (bicyclic) bond motifs is 1. The maximum absolute atomic E-state index is 12.6. The van der Waals surface area contributed by atoms with Crippen molar-refractivity contribution in [3.63, 3.8) is 0 Å². The van der Waals surface area contributed by atoms with E-state index >= 15 is 0 Å². The van der Waals surface area contributed by atoms with Crippen LogP contribution < -0.4 is 14.8 Å². The molecule has 4 aromatic rings. The number of hydrogen-bond acceptors (Lipinski definition) is 5. The van der Waals surface area contributed by atoms with E-state index in [0.717, 1.165) is 11.0 Å². The molecule has 0 spiro atoms. The van der Waals surface area contributed by atoms with Crippen molar-refractivity contribution < 1.29 is 18.7 Å². The Hall–Kier alpha value is -3.74. The van der Waals surface area contributed by atoms with Crippen molar-refractivity contribution in [1.82, 2.24) is 9.97 Å². The first-order valence-electron chi connectivity index (χ1n) is 8.25. The van der Waals surface area contributed by atoms with Crippen LogP contribution in [0.2, 0.25) is 0 Å². The highest BCUT2D eigenvalue weighted by Gasteiger charge is 2.12. The summed E-state index contributed by atoms with van der Waals surface area (Å²) in [6, 6.07) is 14.1. The molecular weight excluding hydrogens is 346 g/mol. The standard InChI is InChI=1S/C20H17N3O4/c1-25-16-8-5-12(10-18(16)26-2)20(24)21-13-6-7-14-15(11-13)23-19(22-14)17-4-3-9-27-17/h3-11H,1-2H3,(H,21,24)(H,22,23). The summed E-state index contributed by atoms with van der Waals surface area (Å²) in [5.74, 6) is 2.11. The number of methoxy groups -OCH3 is 2. The highest BCUT2D eigenvalue weighted by atomic mass is 16.5. The molecule has 7 heteroatoms. The predicted molar refractivity (Wildman–Crippen MR) is 101 cm³/mol. The van der Waals surface area contributed by atoms with Gasteiger partial charge in [-0.1, -0.05) is 0 Å². The number of carbonyl (C=O) groups is 1. The summed E-state index contributed by atoms with van der Waals surface area (Å²) in [6.45, 7) is 0. The van der Waals surface area contributed by atoms with Gasteiger partial charge in [-0.2, -0.15) is 0 Å². The quantitative estimate of drug-likeness (QED) is 0.557. The van der Waals surface area contributed by atoms with Gasteiger partial charge < -0.3 is 24.2 Å². The molecule has 0 atom stereocenters. The van der Waals surface area contributed by atoms with Crippen molar-refractivity contribution in [1.29, 1.82) is 0 Å². The third-order valence-corrected chi connectivity index (χ3v) is 4.14. The van der Waals surface area contributed by atoms with Crippen LogP contribution in [0.3, 0.4) is 0 Å². The highest BCUT2D eigenvalue weighted by Crippen LogP contribution is 2.28. The summed E-state index contributed by atoms with van der Waals surface area (Å²) >= 11 is 0. The van der Waals surface area contributed by atoms with E-state index in [1.807, 2.05) is 18.2 Å². The molecule has 2 N–H and O–H groups in total. The summed E-state index contributed by atoms with van der Waals surface area (Å²) in [7, 11) is 3.08. The number of furan rings is 1. The van der Waals surface area contributed by atoms with E-state index in [0.29, 0.717) is 34.3 Å². The number of hydrogen-bond donors (Lipinski definition) is 2. The zero-order valence-electron chi connectivity index (χ0n) is 14.8. The minimum Gasteiger partial charge on any atom is -0.493 e. The second-order valence-electron chi connectivity index (χ2n) is 5.82. The Kier molecular flexibility index (Phi) is 4.25. The van der Waals surface area contributed by atoms with E-state index in [1.54, 1.807) is 43.7 Å². The molecule has 0 aliphatic rings. The Bertz CT molecular complexity index is 1100. The fraction of sp³-hybridized carbons (Fsp3) is 0.100. The van der Waals surface area contributed by atoms with Gasteiger partial charge in [-0.3, -0.25) is 4.79 Å². The number of H-pyrrole nitrogens is 1. The largest absolute Gasteiger partial charge is 0.493 e. The lowest BCUT2D eigenvalue weighted by Gasteiger charge is -2.10. The maximum atomic E-state index is 12.6. The van der Waals surface area contributed by atoms with Gasteiger partial charge >= 0.3 is 0 Å². The lowest BCUT2D eigenvalue weighted by molar-refractivity contribution is 0.102. The third kappa shape index (κ3) is 3.22. The van der Waals surface area contributed by atoms with Crippen LogP contribution in [0.25, 0.3) is 22.6 Å². The van der Waals surface area contributed by atoms with Crippen molar-refractivity contribution in [2.24, 2.45) is 0 Å². The van der Waals surface area contributed by atoms with E-state index < -0.39 is 0 Å². The molecule has 0 unspecified atom stereocenters. The number of carbonyl (C=O) groups excluding carboxylic acids is 1. The zero-order chi connectivity index (χ0) is 18.8. The number of ether oxygens (including phenoxy) is 2. The van der Waals surface area contributed by atoms with Crippen molar-refractivity contribution in [3.8, 4) is 23.1 Å². The number of aromatic amines is 1. The molecule has 0 bridgehead atoms. The molecule has 0 radical (unpaired) electrons. The zero-order valence-corrected chi connectivity index (χ0v) is 14.8. The summed E-state index contributed by atoms with van der Waals surface area (Å²) in [5.41, 5.74) is 2.70. The fourth-order valence-electron chi connectivity index (χ4n) is 2.80. The topological polar surface area (TPSA) is 89.4 Å². The summed E-state index contributed by atoms with van der Waals surface area (Å²) in [4.78, 5) is 20.2. The SMILES string of the molecule is COc1ccc(C(=O)Nc2ccc3nc(-c4ccco4)[nH]c3c2)cc1OC. The lowest BCUT2D eigenvalue weighted by Crippen LogP contribution is -2.12.